The molecule has 0 unspecified atom stereocenters. The second kappa shape index (κ2) is 5.25. The number of hydrogen-bond acceptors (Lipinski definition) is 4. The standard InChI is InChI=1S/C14H16N2O3S/c1-20(18,19)12-6-4-11(5-7-12)16-13(17)14(10-15)8-2-3-9-14/h4-7H,2-3,8-9H2,1H3,(H,16,17). The molecule has 5 nitrogen and oxygen atoms in total. The summed E-state index contributed by atoms with van der Waals surface area (Å²) in [7, 11) is -3.25. The highest BCUT2D eigenvalue weighted by atomic mass is 32.2. The molecule has 20 heavy (non-hydrogen) atoms. The van der Waals surface area contributed by atoms with Crippen molar-refractivity contribution in [1.29, 1.82) is 5.26 Å². The van der Waals surface area contributed by atoms with Crippen LogP contribution in [-0.4, -0.2) is 20.6 Å². The van der Waals surface area contributed by atoms with E-state index in [0.717, 1.165) is 19.1 Å². The van der Waals surface area contributed by atoms with Crippen LogP contribution in [0.4, 0.5) is 5.69 Å². The summed E-state index contributed by atoms with van der Waals surface area (Å²) in [5.41, 5.74) is -0.431. The first-order valence-electron chi connectivity index (χ1n) is 6.40. The summed E-state index contributed by atoms with van der Waals surface area (Å²) in [6, 6.07) is 8.08. The zero-order valence-electron chi connectivity index (χ0n) is 11.2. The summed E-state index contributed by atoms with van der Waals surface area (Å²) in [5, 5.41) is 11.9. The Balaban J connectivity index is 2.15. The third kappa shape index (κ3) is 2.83. The van der Waals surface area contributed by atoms with Gasteiger partial charge in [-0.1, -0.05) is 12.8 Å². The Morgan fingerprint density at radius 1 is 1.25 bits per heavy atom. The van der Waals surface area contributed by atoms with Crippen molar-refractivity contribution in [3.05, 3.63) is 24.3 Å². The zero-order chi connectivity index (χ0) is 14.8. The van der Waals surface area contributed by atoms with Crippen molar-refractivity contribution in [2.24, 2.45) is 5.41 Å². The van der Waals surface area contributed by atoms with Crippen molar-refractivity contribution in [2.45, 2.75) is 30.6 Å². The lowest BCUT2D eigenvalue weighted by Crippen LogP contribution is -2.32. The molecule has 106 valence electrons. The molecule has 1 aromatic rings. The smallest absolute Gasteiger partial charge is 0.244 e. The van der Waals surface area contributed by atoms with Crippen LogP contribution < -0.4 is 5.32 Å². The van der Waals surface area contributed by atoms with Crippen molar-refractivity contribution < 1.29 is 13.2 Å². The minimum absolute atomic E-state index is 0.200. The van der Waals surface area contributed by atoms with Crippen LogP contribution in [0.1, 0.15) is 25.7 Å². The van der Waals surface area contributed by atoms with Gasteiger partial charge in [-0.05, 0) is 37.1 Å². The molecule has 0 radical (unpaired) electrons. The summed E-state index contributed by atoms with van der Waals surface area (Å²) in [6.07, 6.45) is 4.05. The molecule has 1 amide bonds. The number of nitrogens with zero attached hydrogens (tertiary/aromatic N) is 1. The molecular formula is C14H16N2O3S. The molecule has 6 heteroatoms. The Bertz CT molecular complexity index is 651. The Morgan fingerprint density at radius 3 is 2.25 bits per heavy atom. The van der Waals surface area contributed by atoms with Crippen LogP contribution in [-0.2, 0) is 14.6 Å². The molecule has 0 saturated heterocycles. The van der Waals surface area contributed by atoms with Gasteiger partial charge in [0, 0.05) is 11.9 Å². The molecule has 2 rings (SSSR count). The van der Waals surface area contributed by atoms with E-state index in [0.29, 0.717) is 18.5 Å². The number of sulfone groups is 1. The Labute approximate surface area is 118 Å². The summed E-state index contributed by atoms with van der Waals surface area (Å²) in [6.45, 7) is 0. The third-order valence-corrected chi connectivity index (χ3v) is 4.77. The van der Waals surface area contributed by atoms with Gasteiger partial charge in [0.2, 0.25) is 5.91 Å². The molecule has 0 heterocycles. The predicted octanol–water partition coefficient (Wildman–Crippen LogP) is 2.11. The van der Waals surface area contributed by atoms with E-state index in [-0.39, 0.29) is 10.8 Å². The second-order valence-electron chi connectivity index (χ2n) is 5.15. The fourth-order valence-electron chi connectivity index (χ4n) is 2.40. The van der Waals surface area contributed by atoms with Crippen LogP contribution >= 0.6 is 0 Å². The Morgan fingerprint density at radius 2 is 1.80 bits per heavy atom. The van der Waals surface area contributed by atoms with E-state index in [9.17, 15) is 18.5 Å². The second-order valence-corrected chi connectivity index (χ2v) is 7.17. The number of carbonyl (C=O) groups is 1. The SMILES string of the molecule is CS(=O)(=O)c1ccc(NC(=O)C2(C#N)CCCC2)cc1. The minimum atomic E-state index is -3.25. The Kier molecular flexibility index (Phi) is 3.82. The van der Waals surface area contributed by atoms with Crippen molar-refractivity contribution in [3.8, 4) is 6.07 Å². The predicted molar refractivity (Wildman–Crippen MR) is 74.7 cm³/mol. The molecular weight excluding hydrogens is 276 g/mol. The van der Waals surface area contributed by atoms with Gasteiger partial charge in [-0.25, -0.2) is 8.42 Å². The van der Waals surface area contributed by atoms with Gasteiger partial charge >= 0.3 is 0 Å². The molecule has 0 aliphatic heterocycles. The van der Waals surface area contributed by atoms with Gasteiger partial charge in [0.25, 0.3) is 0 Å². The number of benzene rings is 1. The average Bonchev–Trinajstić information content (AvgIpc) is 2.88. The van der Waals surface area contributed by atoms with Gasteiger partial charge in [-0.15, -0.1) is 0 Å². The summed E-state index contributed by atoms with van der Waals surface area (Å²) >= 11 is 0. The lowest BCUT2D eigenvalue weighted by atomic mass is 9.87. The topological polar surface area (TPSA) is 87.0 Å². The van der Waals surface area contributed by atoms with Crippen molar-refractivity contribution >= 4 is 21.4 Å². The maximum Gasteiger partial charge on any atom is 0.244 e. The number of anilines is 1. The summed E-state index contributed by atoms with van der Waals surface area (Å²) in [5.74, 6) is -0.301. The first-order chi connectivity index (χ1) is 9.37. The molecule has 0 aromatic heterocycles. The fraction of sp³-hybridized carbons (Fsp3) is 0.429. The van der Waals surface area contributed by atoms with E-state index < -0.39 is 15.3 Å². The molecule has 0 bridgehead atoms. The number of rotatable bonds is 3. The third-order valence-electron chi connectivity index (χ3n) is 3.65. The van der Waals surface area contributed by atoms with Crippen LogP contribution in [0.5, 0.6) is 0 Å². The molecule has 1 aromatic carbocycles. The number of amides is 1. The van der Waals surface area contributed by atoms with Crippen LogP contribution in [0.25, 0.3) is 0 Å². The molecule has 1 N–H and O–H groups in total. The highest BCUT2D eigenvalue weighted by molar-refractivity contribution is 7.90. The molecule has 0 atom stereocenters. The maximum absolute atomic E-state index is 12.2. The van der Waals surface area contributed by atoms with Crippen LogP contribution in [0.15, 0.2) is 29.2 Å². The quantitative estimate of drug-likeness (QED) is 0.924. The van der Waals surface area contributed by atoms with E-state index >= 15 is 0 Å². The van der Waals surface area contributed by atoms with Gasteiger partial charge < -0.3 is 5.32 Å². The molecule has 1 aliphatic carbocycles. The van der Waals surface area contributed by atoms with Crippen LogP contribution in [0.2, 0.25) is 0 Å². The molecule has 1 fully saturated rings. The van der Waals surface area contributed by atoms with E-state index in [1.807, 2.05) is 0 Å². The van der Waals surface area contributed by atoms with Crippen LogP contribution in [0.3, 0.4) is 0 Å². The van der Waals surface area contributed by atoms with Gasteiger partial charge in [0.15, 0.2) is 9.84 Å². The number of hydrogen-bond donors (Lipinski definition) is 1. The molecule has 0 spiro atoms. The fourth-order valence-corrected chi connectivity index (χ4v) is 3.03. The van der Waals surface area contributed by atoms with E-state index in [2.05, 4.69) is 11.4 Å². The largest absolute Gasteiger partial charge is 0.325 e. The van der Waals surface area contributed by atoms with E-state index in [1.165, 1.54) is 24.3 Å². The van der Waals surface area contributed by atoms with Crippen molar-refractivity contribution in [1.82, 2.24) is 0 Å². The summed E-state index contributed by atoms with van der Waals surface area (Å²) < 4.78 is 22.7. The van der Waals surface area contributed by atoms with Gasteiger partial charge in [-0.2, -0.15) is 5.26 Å². The van der Waals surface area contributed by atoms with Crippen molar-refractivity contribution in [3.63, 3.8) is 0 Å². The van der Waals surface area contributed by atoms with Gasteiger partial charge in [0.05, 0.1) is 11.0 Å². The minimum Gasteiger partial charge on any atom is -0.325 e. The first-order valence-corrected chi connectivity index (χ1v) is 8.29. The number of carbonyl (C=O) groups excluding carboxylic acids is 1. The first kappa shape index (κ1) is 14.5. The average molecular weight is 292 g/mol. The highest BCUT2D eigenvalue weighted by Crippen LogP contribution is 2.38. The summed E-state index contributed by atoms with van der Waals surface area (Å²) in [4.78, 5) is 12.4. The highest BCUT2D eigenvalue weighted by Gasteiger charge is 2.41. The lowest BCUT2D eigenvalue weighted by Gasteiger charge is -2.19. The van der Waals surface area contributed by atoms with Crippen LogP contribution in [0, 0.1) is 16.7 Å². The van der Waals surface area contributed by atoms with Gasteiger partial charge in [0.1, 0.15) is 5.41 Å². The van der Waals surface area contributed by atoms with Crippen molar-refractivity contribution in [2.75, 3.05) is 11.6 Å². The van der Waals surface area contributed by atoms with Gasteiger partial charge in [-0.3, -0.25) is 4.79 Å². The Hall–Kier alpha value is -1.87. The van der Waals surface area contributed by atoms with E-state index in [1.54, 1.807) is 0 Å². The monoisotopic (exact) mass is 292 g/mol. The molecule has 1 aliphatic rings. The maximum atomic E-state index is 12.2. The number of nitrogens with one attached hydrogen (secondary N) is 1. The normalized spacial score (nSPS) is 17.4. The van der Waals surface area contributed by atoms with E-state index in [4.69, 9.17) is 0 Å². The zero-order valence-corrected chi connectivity index (χ0v) is 12.0. The lowest BCUT2D eigenvalue weighted by molar-refractivity contribution is -0.122. The molecule has 1 saturated carbocycles. The number of nitriles is 1.